The van der Waals surface area contributed by atoms with E-state index in [1.807, 2.05) is 24.3 Å². The van der Waals surface area contributed by atoms with E-state index in [0.717, 1.165) is 5.56 Å². The standard InChI is InChI=1S/C19H13F3N2O2.C14H9F3O3.C5H7N2.HI/c20-19(21,22)26-17-10-8-15(9-11-17)14-4-6-16(7-5-14)18(25)23-24-12-2-1-3-13-24;15-14(16,17)20-12-7-5-10(6-8-12)9-1-3-11(4-2-9)13(18)19;6-7-4-2-1-3-5-7;/h1-13H;1-8H,(H,18,19);1-5H,6H2;1H/q;;+1;. The molecule has 6 aromatic rings. The van der Waals surface area contributed by atoms with Crippen LogP contribution in [0.15, 0.2) is 158 Å². The van der Waals surface area contributed by atoms with Crippen LogP contribution in [0.1, 0.15) is 20.7 Å². The van der Waals surface area contributed by atoms with Crippen LogP contribution < -0.4 is 54.1 Å². The van der Waals surface area contributed by atoms with Crippen molar-refractivity contribution in [3.8, 4) is 33.8 Å². The number of carboxylic acid groups (broad SMARTS) is 1. The van der Waals surface area contributed by atoms with E-state index in [1.165, 1.54) is 70.0 Å². The monoisotopic (exact) mass is 863 g/mol. The van der Waals surface area contributed by atoms with Crippen molar-refractivity contribution in [3.05, 3.63) is 169 Å². The average Bonchev–Trinajstić information content (AvgIpc) is 3.12. The second-order valence-corrected chi connectivity index (χ2v) is 10.7. The van der Waals surface area contributed by atoms with Gasteiger partial charge in [-0.15, -0.1) is 31.8 Å². The first kappa shape index (κ1) is 42.2. The van der Waals surface area contributed by atoms with Gasteiger partial charge in [0.1, 0.15) is 11.5 Å². The molecule has 0 saturated carbocycles. The number of nitrogens with two attached hydrogens (primary N) is 1. The molecular weight excluding hydrogens is 833 g/mol. The normalized spacial score (nSPS) is 10.6. The quantitative estimate of drug-likeness (QED) is 0.0939. The lowest BCUT2D eigenvalue weighted by atomic mass is 10.0. The first-order valence-electron chi connectivity index (χ1n) is 15.3. The van der Waals surface area contributed by atoms with Crippen LogP contribution in [0.4, 0.5) is 26.3 Å². The Balaban J connectivity index is 0.000000247. The van der Waals surface area contributed by atoms with Gasteiger partial charge in [0.15, 0.2) is 24.8 Å². The molecule has 16 heteroatoms. The van der Waals surface area contributed by atoms with Gasteiger partial charge in [-0.3, -0.25) is 4.79 Å². The molecule has 4 N–H and O–H groups in total. The van der Waals surface area contributed by atoms with Gasteiger partial charge in [0.05, 0.1) is 5.56 Å². The van der Waals surface area contributed by atoms with E-state index < -0.39 is 18.7 Å². The maximum Gasteiger partial charge on any atom is 0.573 e. The predicted octanol–water partition coefficient (Wildman–Crippen LogP) is 4.57. The number of aromatic nitrogens is 2. The number of amides is 1. The van der Waals surface area contributed by atoms with Crippen molar-refractivity contribution in [1.29, 1.82) is 0 Å². The lowest BCUT2D eigenvalue weighted by Gasteiger charge is -2.09. The minimum Gasteiger partial charge on any atom is -1.00 e. The summed E-state index contributed by atoms with van der Waals surface area (Å²) in [5.41, 5.74) is 6.15. The summed E-state index contributed by atoms with van der Waals surface area (Å²) in [4.78, 5) is 22.9. The summed E-state index contributed by atoms with van der Waals surface area (Å²) >= 11 is 0. The number of ether oxygens (including phenoxy) is 2. The largest absolute Gasteiger partial charge is 1.00 e. The van der Waals surface area contributed by atoms with Gasteiger partial charge in [-0.2, -0.15) is 0 Å². The minimum atomic E-state index is -4.72. The molecular formula is C38H30F6IN4O5+. The van der Waals surface area contributed by atoms with Crippen LogP contribution in [0.2, 0.25) is 0 Å². The molecule has 0 radical (unpaired) electrons. The lowest BCUT2D eigenvalue weighted by Crippen LogP contribution is -3.00. The second kappa shape index (κ2) is 19.6. The van der Waals surface area contributed by atoms with Crippen LogP contribution in [0.25, 0.3) is 22.3 Å². The summed E-state index contributed by atoms with van der Waals surface area (Å²) in [6, 6.07) is 34.7. The molecule has 0 bridgehead atoms. The summed E-state index contributed by atoms with van der Waals surface area (Å²) in [6.07, 6.45) is -2.47. The number of halogens is 7. The molecule has 0 fully saturated rings. The molecule has 6 rings (SSSR count). The molecule has 0 aliphatic carbocycles. The van der Waals surface area contributed by atoms with E-state index >= 15 is 0 Å². The Hall–Kier alpha value is -6.17. The summed E-state index contributed by atoms with van der Waals surface area (Å²) in [5.74, 6) is 3.38. The Kier molecular flexibility index (Phi) is 15.3. The highest BCUT2D eigenvalue weighted by atomic mass is 127. The fraction of sp³-hybridized carbons (Fsp3) is 0.0526. The zero-order valence-electron chi connectivity index (χ0n) is 27.7. The van der Waals surface area contributed by atoms with Crippen molar-refractivity contribution in [3.63, 3.8) is 0 Å². The summed E-state index contributed by atoms with van der Waals surface area (Å²) in [7, 11) is 0. The first-order valence-corrected chi connectivity index (χ1v) is 15.3. The fourth-order valence-corrected chi connectivity index (χ4v) is 4.38. The van der Waals surface area contributed by atoms with Gasteiger partial charge in [0.2, 0.25) is 0 Å². The number of pyridine rings is 2. The number of carboxylic acids is 1. The lowest BCUT2D eigenvalue weighted by molar-refractivity contribution is -0.641. The van der Waals surface area contributed by atoms with Crippen molar-refractivity contribution in [1.82, 2.24) is 0 Å². The van der Waals surface area contributed by atoms with Crippen LogP contribution >= 0.6 is 0 Å². The first-order chi connectivity index (χ1) is 25.1. The molecule has 2 aromatic heterocycles. The van der Waals surface area contributed by atoms with Crippen LogP contribution in [0.3, 0.4) is 0 Å². The van der Waals surface area contributed by atoms with Gasteiger partial charge in [0.25, 0.3) is 0 Å². The van der Waals surface area contributed by atoms with Gasteiger partial charge in [-0.25, -0.2) is 10.6 Å². The van der Waals surface area contributed by atoms with E-state index in [4.69, 9.17) is 10.9 Å². The molecule has 0 aliphatic rings. The Morgan fingerprint density at radius 2 is 0.870 bits per heavy atom. The Morgan fingerprint density at radius 3 is 1.19 bits per heavy atom. The number of nitrogens with zero attached hydrogens (tertiary/aromatic N) is 2. The summed E-state index contributed by atoms with van der Waals surface area (Å²) < 4.78 is 83.2. The molecule has 0 unspecified atom stereocenters. The number of nitrogens with one attached hydrogen (secondary N) is 1. The molecule has 280 valence electrons. The topological polar surface area (TPSA) is 119 Å². The maximum atomic E-state index is 12.2. The van der Waals surface area contributed by atoms with E-state index in [1.54, 1.807) is 73.3 Å². The number of aromatic carboxylic acids is 1. The van der Waals surface area contributed by atoms with Crippen molar-refractivity contribution in [2.45, 2.75) is 12.7 Å². The average molecular weight is 864 g/mol. The number of alkyl halides is 6. The summed E-state index contributed by atoms with van der Waals surface area (Å²) in [6.45, 7) is 0. The SMILES string of the molecule is N[n+]1ccccc1.O=C(N[n+]1ccccc1)c1ccc(-c2ccc(OC(F)(F)F)cc2)cc1.O=C(O)c1ccc(-c2ccc(OC(F)(F)F)cc2)cc1.[I-]. The molecule has 1 amide bonds. The van der Waals surface area contributed by atoms with Gasteiger partial charge in [-0.05, 0) is 70.8 Å². The van der Waals surface area contributed by atoms with Crippen molar-refractivity contribution < 1.29 is 83.8 Å². The van der Waals surface area contributed by atoms with Gasteiger partial charge >= 0.3 is 24.6 Å². The minimum absolute atomic E-state index is 0. The van der Waals surface area contributed by atoms with Crippen molar-refractivity contribution in [2.75, 3.05) is 11.3 Å². The van der Waals surface area contributed by atoms with Gasteiger partial charge < -0.3 is 38.6 Å². The molecule has 0 saturated heterocycles. The smallest absolute Gasteiger partial charge is 0.573 e. The number of hydrogen-bond donors (Lipinski definition) is 3. The highest BCUT2D eigenvalue weighted by Crippen LogP contribution is 2.28. The third-order valence-corrected chi connectivity index (χ3v) is 6.81. The number of carbonyl (C=O) groups excluding carboxylic acids is 1. The van der Waals surface area contributed by atoms with Crippen LogP contribution in [-0.4, -0.2) is 29.7 Å². The Bertz CT molecular complexity index is 2050. The van der Waals surface area contributed by atoms with Gasteiger partial charge in [0, 0.05) is 29.8 Å². The van der Waals surface area contributed by atoms with Crippen molar-refractivity contribution in [2.24, 2.45) is 0 Å². The van der Waals surface area contributed by atoms with E-state index in [-0.39, 0.29) is 46.9 Å². The summed E-state index contributed by atoms with van der Waals surface area (Å²) in [5, 5.41) is 8.77. The maximum absolute atomic E-state index is 12.2. The predicted molar refractivity (Wildman–Crippen MR) is 181 cm³/mol. The second-order valence-electron chi connectivity index (χ2n) is 10.7. The van der Waals surface area contributed by atoms with Crippen molar-refractivity contribution >= 4 is 11.9 Å². The van der Waals surface area contributed by atoms with Crippen LogP contribution in [-0.2, 0) is 0 Å². The molecule has 0 atom stereocenters. The highest BCUT2D eigenvalue weighted by Gasteiger charge is 2.31. The number of benzene rings is 4. The molecule has 0 spiro atoms. The number of nitrogen functional groups attached to an aromatic ring is 1. The third kappa shape index (κ3) is 14.5. The molecule has 9 nitrogen and oxygen atoms in total. The van der Waals surface area contributed by atoms with Crippen LogP contribution in [0, 0.1) is 0 Å². The third-order valence-electron chi connectivity index (χ3n) is 6.81. The highest BCUT2D eigenvalue weighted by molar-refractivity contribution is 5.99. The molecule has 2 heterocycles. The fourth-order valence-electron chi connectivity index (χ4n) is 4.38. The number of hydrogen-bond acceptors (Lipinski definition) is 5. The molecule has 54 heavy (non-hydrogen) atoms. The zero-order valence-corrected chi connectivity index (χ0v) is 29.9. The number of carbonyl (C=O) groups is 2. The molecule has 4 aromatic carbocycles. The Labute approximate surface area is 321 Å². The zero-order chi connectivity index (χ0) is 38.4. The van der Waals surface area contributed by atoms with Gasteiger partial charge in [-0.1, -0.05) is 70.0 Å². The Morgan fingerprint density at radius 1 is 0.537 bits per heavy atom. The number of rotatable bonds is 7. The van der Waals surface area contributed by atoms with E-state index in [2.05, 4.69) is 14.9 Å². The van der Waals surface area contributed by atoms with E-state index in [9.17, 15) is 35.9 Å². The van der Waals surface area contributed by atoms with Crippen LogP contribution in [0.5, 0.6) is 11.5 Å². The molecule has 0 aliphatic heterocycles. The van der Waals surface area contributed by atoms with E-state index in [0.29, 0.717) is 22.3 Å².